The third-order valence-corrected chi connectivity index (χ3v) is 5.82. The Balaban J connectivity index is 2.23. The molecule has 0 amide bonds. The van der Waals surface area contributed by atoms with Gasteiger partial charge in [0, 0.05) is 13.0 Å². The second kappa shape index (κ2) is 4.79. The Morgan fingerprint density at radius 3 is 2.56 bits per heavy atom. The molecule has 106 valence electrons. The monoisotopic (exact) mass is 254 g/mol. The third kappa shape index (κ3) is 2.46. The van der Waals surface area contributed by atoms with E-state index < -0.39 is 5.60 Å². The Labute approximate surface area is 112 Å². The molecule has 2 saturated carbocycles. The van der Waals surface area contributed by atoms with Crippen LogP contribution in [0.2, 0.25) is 0 Å². The Morgan fingerprint density at radius 2 is 2.00 bits per heavy atom. The Morgan fingerprint density at radius 1 is 1.33 bits per heavy atom. The van der Waals surface area contributed by atoms with Crippen LogP contribution in [-0.4, -0.2) is 23.9 Å². The molecule has 0 aromatic rings. The van der Waals surface area contributed by atoms with Gasteiger partial charge in [-0.3, -0.25) is 0 Å². The van der Waals surface area contributed by atoms with Gasteiger partial charge in [0.2, 0.25) is 0 Å². The summed E-state index contributed by atoms with van der Waals surface area (Å²) in [6, 6.07) is 0. The molecule has 1 N–H and O–H groups in total. The van der Waals surface area contributed by atoms with Gasteiger partial charge in [-0.05, 0) is 50.4 Å². The Bertz CT molecular complexity index is 294. The van der Waals surface area contributed by atoms with Crippen LogP contribution < -0.4 is 0 Å². The Kier molecular flexibility index (Phi) is 3.81. The molecule has 0 aromatic carbocycles. The summed E-state index contributed by atoms with van der Waals surface area (Å²) in [6.07, 6.45) is 6.51. The van der Waals surface area contributed by atoms with Crippen LogP contribution in [0.1, 0.15) is 59.8 Å². The van der Waals surface area contributed by atoms with Gasteiger partial charge in [-0.1, -0.05) is 26.7 Å². The molecule has 0 bridgehead atoms. The molecule has 2 fully saturated rings. The highest BCUT2D eigenvalue weighted by Gasteiger charge is 2.51. The Hall–Kier alpha value is -0.0800. The van der Waals surface area contributed by atoms with Gasteiger partial charge >= 0.3 is 0 Å². The highest BCUT2D eigenvalue weighted by atomic mass is 16.5. The number of rotatable bonds is 2. The molecule has 2 nitrogen and oxygen atoms in total. The molecule has 5 unspecified atom stereocenters. The van der Waals surface area contributed by atoms with Crippen LogP contribution in [0.3, 0.4) is 0 Å². The largest absolute Gasteiger partial charge is 0.390 e. The lowest BCUT2D eigenvalue weighted by Crippen LogP contribution is -2.52. The number of hydrogen-bond acceptors (Lipinski definition) is 2. The van der Waals surface area contributed by atoms with E-state index in [0.717, 1.165) is 24.7 Å². The van der Waals surface area contributed by atoms with E-state index in [-0.39, 0.29) is 12.0 Å². The summed E-state index contributed by atoms with van der Waals surface area (Å²) in [5.41, 5.74) is -0.195. The lowest BCUT2D eigenvalue weighted by molar-refractivity contribution is -0.142. The minimum atomic E-state index is -0.626. The van der Waals surface area contributed by atoms with Crippen molar-refractivity contribution in [2.75, 3.05) is 7.11 Å². The van der Waals surface area contributed by atoms with Crippen molar-refractivity contribution in [2.45, 2.75) is 71.5 Å². The first kappa shape index (κ1) is 14.3. The lowest BCUT2D eigenvalue weighted by Gasteiger charge is -2.55. The number of fused-ring (bicyclic) bond motifs is 1. The second-order valence-corrected chi connectivity index (χ2v) is 7.60. The van der Waals surface area contributed by atoms with Crippen molar-refractivity contribution < 1.29 is 9.84 Å². The SMILES string of the molecule is COC1CC2(C)CCCC(C)C2CC1C(C)(C)O. The molecule has 0 spiro atoms. The van der Waals surface area contributed by atoms with Crippen molar-refractivity contribution >= 4 is 0 Å². The maximum atomic E-state index is 10.4. The molecule has 2 aliphatic carbocycles. The van der Waals surface area contributed by atoms with E-state index in [9.17, 15) is 5.11 Å². The van der Waals surface area contributed by atoms with E-state index in [1.165, 1.54) is 19.3 Å². The summed E-state index contributed by atoms with van der Waals surface area (Å²) < 4.78 is 5.72. The molecule has 0 aliphatic heterocycles. The standard InChI is InChI=1S/C16H30O2/c1-11-7-6-8-16(4)10-14(18-5)13(9-12(11)16)15(2,3)17/h11-14,17H,6-10H2,1-5H3. The number of ether oxygens (including phenoxy) is 1. The predicted molar refractivity (Wildman–Crippen MR) is 74.4 cm³/mol. The first-order valence-electron chi connectivity index (χ1n) is 7.53. The highest BCUT2D eigenvalue weighted by molar-refractivity contribution is 5.01. The van der Waals surface area contributed by atoms with Gasteiger partial charge in [0.1, 0.15) is 0 Å². The molecule has 5 atom stereocenters. The molecule has 2 aliphatic rings. The maximum Gasteiger partial charge on any atom is 0.0644 e. The summed E-state index contributed by atoms with van der Waals surface area (Å²) in [6.45, 7) is 8.73. The zero-order valence-corrected chi connectivity index (χ0v) is 12.7. The van der Waals surface area contributed by atoms with E-state index in [1.54, 1.807) is 7.11 Å². The van der Waals surface area contributed by atoms with E-state index in [0.29, 0.717) is 5.41 Å². The fourth-order valence-electron chi connectivity index (χ4n) is 4.69. The summed E-state index contributed by atoms with van der Waals surface area (Å²) in [4.78, 5) is 0. The molecule has 0 saturated heterocycles. The molecule has 2 rings (SSSR count). The first-order valence-corrected chi connectivity index (χ1v) is 7.53. The van der Waals surface area contributed by atoms with E-state index in [1.807, 2.05) is 13.8 Å². The van der Waals surface area contributed by atoms with Gasteiger partial charge in [0.05, 0.1) is 11.7 Å². The van der Waals surface area contributed by atoms with Crippen molar-refractivity contribution in [1.29, 1.82) is 0 Å². The molecule has 18 heavy (non-hydrogen) atoms. The van der Waals surface area contributed by atoms with Crippen LogP contribution in [0.5, 0.6) is 0 Å². The molecule has 0 radical (unpaired) electrons. The quantitative estimate of drug-likeness (QED) is 0.815. The number of hydrogen-bond donors (Lipinski definition) is 1. The average Bonchev–Trinajstić information content (AvgIpc) is 2.25. The molecule has 0 heterocycles. The van der Waals surface area contributed by atoms with Crippen molar-refractivity contribution in [3.05, 3.63) is 0 Å². The van der Waals surface area contributed by atoms with Crippen LogP contribution in [0, 0.1) is 23.2 Å². The van der Waals surface area contributed by atoms with Gasteiger partial charge in [0.15, 0.2) is 0 Å². The maximum absolute atomic E-state index is 10.4. The molecular weight excluding hydrogens is 224 g/mol. The number of methoxy groups -OCH3 is 1. The van der Waals surface area contributed by atoms with Crippen molar-refractivity contribution in [2.24, 2.45) is 23.2 Å². The molecule has 0 aromatic heterocycles. The summed E-state index contributed by atoms with van der Waals surface area (Å²) in [5, 5.41) is 10.4. The molecule has 2 heteroatoms. The smallest absolute Gasteiger partial charge is 0.0644 e. The van der Waals surface area contributed by atoms with Crippen LogP contribution in [0.15, 0.2) is 0 Å². The lowest BCUT2D eigenvalue weighted by atomic mass is 9.53. The normalized spacial score (nSPS) is 45.7. The fourth-order valence-corrected chi connectivity index (χ4v) is 4.69. The van der Waals surface area contributed by atoms with E-state index in [2.05, 4.69) is 13.8 Å². The van der Waals surface area contributed by atoms with Crippen molar-refractivity contribution in [3.8, 4) is 0 Å². The highest BCUT2D eigenvalue weighted by Crippen LogP contribution is 2.55. The summed E-state index contributed by atoms with van der Waals surface area (Å²) in [7, 11) is 1.80. The topological polar surface area (TPSA) is 29.5 Å². The van der Waals surface area contributed by atoms with Crippen LogP contribution in [0.4, 0.5) is 0 Å². The van der Waals surface area contributed by atoms with Gasteiger partial charge in [-0.25, -0.2) is 0 Å². The number of aliphatic hydroxyl groups is 1. The van der Waals surface area contributed by atoms with Gasteiger partial charge in [-0.15, -0.1) is 0 Å². The summed E-state index contributed by atoms with van der Waals surface area (Å²) >= 11 is 0. The predicted octanol–water partition coefficient (Wildman–Crippen LogP) is 3.62. The van der Waals surface area contributed by atoms with Crippen molar-refractivity contribution in [3.63, 3.8) is 0 Å². The summed E-state index contributed by atoms with van der Waals surface area (Å²) in [5.74, 6) is 1.83. The average molecular weight is 254 g/mol. The third-order valence-electron chi connectivity index (χ3n) is 5.82. The van der Waals surface area contributed by atoms with Crippen LogP contribution in [0.25, 0.3) is 0 Å². The van der Waals surface area contributed by atoms with Gasteiger partial charge in [-0.2, -0.15) is 0 Å². The van der Waals surface area contributed by atoms with Crippen molar-refractivity contribution in [1.82, 2.24) is 0 Å². The zero-order valence-electron chi connectivity index (χ0n) is 12.7. The molecular formula is C16H30O2. The second-order valence-electron chi connectivity index (χ2n) is 7.60. The van der Waals surface area contributed by atoms with Crippen LogP contribution in [-0.2, 0) is 4.74 Å². The minimum Gasteiger partial charge on any atom is -0.390 e. The minimum absolute atomic E-state index is 0.219. The van der Waals surface area contributed by atoms with Gasteiger partial charge in [0.25, 0.3) is 0 Å². The first-order chi connectivity index (χ1) is 8.28. The van der Waals surface area contributed by atoms with Crippen LogP contribution >= 0.6 is 0 Å². The fraction of sp³-hybridized carbons (Fsp3) is 1.00. The van der Waals surface area contributed by atoms with Gasteiger partial charge < -0.3 is 9.84 Å². The van der Waals surface area contributed by atoms with E-state index in [4.69, 9.17) is 4.74 Å². The zero-order chi connectivity index (χ0) is 13.6. The van der Waals surface area contributed by atoms with E-state index >= 15 is 0 Å².